The minimum Gasteiger partial charge on any atom is -0.326 e. The summed E-state index contributed by atoms with van der Waals surface area (Å²) in [5, 5.41) is 5.67. The number of aryl methyl sites for hydroxylation is 1. The number of amides is 2. The molecule has 2 aromatic carbocycles. The van der Waals surface area contributed by atoms with Crippen molar-refractivity contribution in [3.63, 3.8) is 0 Å². The van der Waals surface area contributed by atoms with Gasteiger partial charge in [0, 0.05) is 23.5 Å². The van der Waals surface area contributed by atoms with Gasteiger partial charge in [0.05, 0.1) is 5.75 Å². The highest BCUT2D eigenvalue weighted by Gasteiger charge is 2.05. The molecule has 0 heterocycles. The molecule has 0 aliphatic carbocycles. The van der Waals surface area contributed by atoms with Crippen LogP contribution in [0.15, 0.2) is 54.6 Å². The smallest absolute Gasteiger partial charge is 0.234 e. The summed E-state index contributed by atoms with van der Waals surface area (Å²) in [5.41, 5.74) is 2.70. The first-order valence-electron chi connectivity index (χ1n) is 7.42. The van der Waals surface area contributed by atoms with Gasteiger partial charge in [0.1, 0.15) is 0 Å². The fourth-order valence-electron chi connectivity index (χ4n) is 1.99. The fourth-order valence-corrected chi connectivity index (χ4v) is 2.73. The van der Waals surface area contributed by atoms with Crippen molar-refractivity contribution in [1.29, 1.82) is 0 Å². The molecule has 0 atom stereocenters. The predicted octanol–water partition coefficient (Wildman–Crippen LogP) is 3.70. The van der Waals surface area contributed by atoms with Crippen molar-refractivity contribution in [2.24, 2.45) is 0 Å². The van der Waals surface area contributed by atoms with Gasteiger partial charge in [-0.3, -0.25) is 9.59 Å². The van der Waals surface area contributed by atoms with Gasteiger partial charge in [-0.05, 0) is 36.8 Å². The lowest BCUT2D eigenvalue weighted by Gasteiger charge is -2.06. The topological polar surface area (TPSA) is 58.2 Å². The Morgan fingerprint density at radius 3 is 2.35 bits per heavy atom. The predicted molar refractivity (Wildman–Crippen MR) is 96.8 cm³/mol. The van der Waals surface area contributed by atoms with Crippen LogP contribution in [0.4, 0.5) is 11.4 Å². The number of para-hydroxylation sites is 1. The van der Waals surface area contributed by atoms with Crippen LogP contribution in [0.1, 0.15) is 12.0 Å². The molecule has 0 saturated carbocycles. The number of rotatable bonds is 7. The first kappa shape index (κ1) is 17.1. The van der Waals surface area contributed by atoms with Crippen LogP contribution in [0.3, 0.4) is 0 Å². The number of hydrogen-bond donors (Lipinski definition) is 2. The molecular weight excluding hydrogens is 308 g/mol. The van der Waals surface area contributed by atoms with Gasteiger partial charge >= 0.3 is 0 Å². The second-order valence-corrected chi connectivity index (χ2v) is 6.24. The van der Waals surface area contributed by atoms with Crippen LogP contribution in [-0.4, -0.2) is 23.3 Å². The Kier molecular flexibility index (Phi) is 6.69. The zero-order valence-corrected chi connectivity index (χ0v) is 13.9. The van der Waals surface area contributed by atoms with E-state index in [-0.39, 0.29) is 11.8 Å². The highest BCUT2D eigenvalue weighted by Crippen LogP contribution is 2.11. The normalized spacial score (nSPS) is 10.1. The monoisotopic (exact) mass is 328 g/mol. The van der Waals surface area contributed by atoms with E-state index in [0.29, 0.717) is 17.9 Å². The van der Waals surface area contributed by atoms with Gasteiger partial charge in [0.15, 0.2) is 0 Å². The molecule has 0 unspecified atom stereocenters. The number of thioether (sulfide) groups is 1. The number of anilines is 2. The molecule has 23 heavy (non-hydrogen) atoms. The minimum absolute atomic E-state index is 0.0391. The molecule has 2 aromatic rings. The standard InChI is InChI=1S/C18H20N2O2S/c1-14-6-5-9-16(12-14)20-18(22)13-23-11-10-17(21)19-15-7-3-2-4-8-15/h2-9,12H,10-11,13H2,1H3,(H,19,21)(H,20,22). The number of benzene rings is 2. The van der Waals surface area contributed by atoms with E-state index >= 15 is 0 Å². The lowest BCUT2D eigenvalue weighted by molar-refractivity contribution is -0.116. The van der Waals surface area contributed by atoms with Gasteiger partial charge in [0.2, 0.25) is 11.8 Å². The van der Waals surface area contributed by atoms with Crippen LogP contribution in [0.2, 0.25) is 0 Å². The number of nitrogens with one attached hydrogen (secondary N) is 2. The summed E-state index contributed by atoms with van der Waals surface area (Å²) in [7, 11) is 0. The Labute approximate surface area is 140 Å². The summed E-state index contributed by atoms with van der Waals surface area (Å²) in [6.07, 6.45) is 0.386. The largest absolute Gasteiger partial charge is 0.326 e. The number of carbonyl (C=O) groups excluding carboxylic acids is 2. The molecule has 2 rings (SSSR count). The maximum atomic E-state index is 11.8. The zero-order chi connectivity index (χ0) is 16.5. The highest BCUT2D eigenvalue weighted by molar-refractivity contribution is 7.99. The maximum Gasteiger partial charge on any atom is 0.234 e. The second kappa shape index (κ2) is 9.00. The van der Waals surface area contributed by atoms with Crippen molar-refractivity contribution >= 4 is 35.0 Å². The van der Waals surface area contributed by atoms with E-state index in [1.165, 1.54) is 11.8 Å². The molecule has 0 saturated heterocycles. The Morgan fingerprint density at radius 1 is 0.913 bits per heavy atom. The SMILES string of the molecule is Cc1cccc(NC(=O)CSCCC(=O)Nc2ccccc2)c1. The van der Waals surface area contributed by atoms with Crippen molar-refractivity contribution in [3.8, 4) is 0 Å². The van der Waals surface area contributed by atoms with E-state index in [2.05, 4.69) is 10.6 Å². The first-order chi connectivity index (χ1) is 11.1. The van der Waals surface area contributed by atoms with E-state index < -0.39 is 0 Å². The molecule has 2 amide bonds. The summed E-state index contributed by atoms with van der Waals surface area (Å²) in [4.78, 5) is 23.6. The van der Waals surface area contributed by atoms with Crippen LogP contribution >= 0.6 is 11.8 Å². The van der Waals surface area contributed by atoms with E-state index in [0.717, 1.165) is 16.9 Å². The van der Waals surface area contributed by atoms with Crippen LogP contribution in [0.5, 0.6) is 0 Å². The Hall–Kier alpha value is -2.27. The summed E-state index contributed by atoms with van der Waals surface area (Å²) in [5.74, 6) is 0.860. The lowest BCUT2D eigenvalue weighted by Crippen LogP contribution is -2.16. The molecule has 0 radical (unpaired) electrons. The van der Waals surface area contributed by atoms with Gasteiger partial charge in [-0.2, -0.15) is 11.8 Å². The van der Waals surface area contributed by atoms with Gasteiger partial charge in [-0.25, -0.2) is 0 Å². The third kappa shape index (κ3) is 6.57. The lowest BCUT2D eigenvalue weighted by atomic mass is 10.2. The molecule has 2 N–H and O–H groups in total. The highest BCUT2D eigenvalue weighted by atomic mass is 32.2. The number of hydrogen-bond acceptors (Lipinski definition) is 3. The van der Waals surface area contributed by atoms with Crippen LogP contribution in [-0.2, 0) is 9.59 Å². The zero-order valence-electron chi connectivity index (χ0n) is 13.0. The number of carbonyl (C=O) groups is 2. The molecule has 5 heteroatoms. The van der Waals surface area contributed by atoms with E-state index in [4.69, 9.17) is 0 Å². The molecule has 0 bridgehead atoms. The summed E-state index contributed by atoms with van der Waals surface area (Å²) >= 11 is 1.45. The molecule has 4 nitrogen and oxygen atoms in total. The Morgan fingerprint density at radius 2 is 1.61 bits per heavy atom. The molecule has 0 spiro atoms. The molecular formula is C18H20N2O2S. The Bertz CT molecular complexity index is 659. The van der Waals surface area contributed by atoms with Gasteiger partial charge in [-0.15, -0.1) is 0 Å². The van der Waals surface area contributed by atoms with E-state index in [1.54, 1.807) is 0 Å². The van der Waals surface area contributed by atoms with Gasteiger partial charge in [-0.1, -0.05) is 30.3 Å². The summed E-state index contributed by atoms with van der Waals surface area (Å²) < 4.78 is 0. The molecule has 0 aromatic heterocycles. The fraction of sp³-hybridized carbons (Fsp3) is 0.222. The summed E-state index contributed by atoms with van der Waals surface area (Å²) in [6, 6.07) is 17.0. The molecule has 0 aliphatic rings. The van der Waals surface area contributed by atoms with E-state index in [9.17, 15) is 9.59 Å². The van der Waals surface area contributed by atoms with Gasteiger partial charge < -0.3 is 10.6 Å². The van der Waals surface area contributed by atoms with Crippen LogP contribution in [0, 0.1) is 6.92 Å². The van der Waals surface area contributed by atoms with Crippen molar-refractivity contribution in [3.05, 3.63) is 60.2 Å². The van der Waals surface area contributed by atoms with E-state index in [1.807, 2.05) is 61.5 Å². The molecule has 0 aliphatic heterocycles. The Balaban J connectivity index is 1.63. The van der Waals surface area contributed by atoms with Crippen molar-refractivity contribution < 1.29 is 9.59 Å². The molecule has 0 fully saturated rings. The van der Waals surface area contributed by atoms with Crippen LogP contribution < -0.4 is 10.6 Å². The summed E-state index contributed by atoms with van der Waals surface area (Å²) in [6.45, 7) is 1.98. The second-order valence-electron chi connectivity index (χ2n) is 5.13. The van der Waals surface area contributed by atoms with Gasteiger partial charge in [0.25, 0.3) is 0 Å². The minimum atomic E-state index is -0.0518. The first-order valence-corrected chi connectivity index (χ1v) is 8.58. The average Bonchev–Trinajstić information content (AvgIpc) is 2.52. The quantitative estimate of drug-likeness (QED) is 0.762. The van der Waals surface area contributed by atoms with Crippen molar-refractivity contribution in [2.75, 3.05) is 22.1 Å². The third-order valence-electron chi connectivity index (χ3n) is 3.07. The third-order valence-corrected chi connectivity index (χ3v) is 4.03. The molecule has 120 valence electrons. The van der Waals surface area contributed by atoms with Crippen LogP contribution in [0.25, 0.3) is 0 Å². The van der Waals surface area contributed by atoms with Crippen molar-refractivity contribution in [2.45, 2.75) is 13.3 Å². The average molecular weight is 328 g/mol. The maximum absolute atomic E-state index is 11.8. The van der Waals surface area contributed by atoms with Crippen molar-refractivity contribution in [1.82, 2.24) is 0 Å².